The van der Waals surface area contributed by atoms with E-state index in [0.29, 0.717) is 6.54 Å². The van der Waals surface area contributed by atoms with Crippen molar-refractivity contribution < 1.29 is 4.79 Å². The first kappa shape index (κ1) is 17.4. The van der Waals surface area contributed by atoms with Crippen molar-refractivity contribution in [1.29, 1.82) is 5.26 Å². The van der Waals surface area contributed by atoms with Crippen LogP contribution in [0.3, 0.4) is 0 Å². The molecule has 1 aromatic heterocycles. The number of carbonyl (C=O) groups is 1. The Balaban J connectivity index is 1.79. The normalized spacial score (nSPS) is 14.0. The lowest BCUT2D eigenvalue weighted by Gasteiger charge is -2.14. The fourth-order valence-electron chi connectivity index (χ4n) is 3.05. The van der Waals surface area contributed by atoms with Crippen molar-refractivity contribution in [2.45, 2.75) is 45.6 Å². The van der Waals surface area contributed by atoms with Crippen LogP contribution >= 0.6 is 11.3 Å². The van der Waals surface area contributed by atoms with Gasteiger partial charge in [-0.1, -0.05) is 30.7 Å². The lowest BCUT2D eigenvalue weighted by molar-refractivity contribution is -0.119. The first-order chi connectivity index (χ1) is 12.2. The monoisotopic (exact) mass is 351 g/mol. The second kappa shape index (κ2) is 8.09. The minimum atomic E-state index is -0.0343. The molecule has 2 aromatic rings. The number of rotatable bonds is 4. The van der Waals surface area contributed by atoms with Crippen molar-refractivity contribution in [3.8, 4) is 17.3 Å². The first-order valence-corrected chi connectivity index (χ1v) is 9.47. The molecule has 1 aliphatic carbocycles. The topological polar surface area (TPSA) is 65.8 Å². The number of hydrogen-bond acceptors (Lipinski definition) is 4. The highest BCUT2D eigenvalue weighted by molar-refractivity contribution is 7.11. The zero-order chi connectivity index (χ0) is 17.6. The number of thiazole rings is 1. The molecule has 1 N–H and O–H groups in total. The number of benzene rings is 1. The average Bonchev–Trinajstić information content (AvgIpc) is 3.12. The molecule has 0 atom stereocenters. The molecule has 25 heavy (non-hydrogen) atoms. The van der Waals surface area contributed by atoms with Gasteiger partial charge in [-0.25, -0.2) is 4.98 Å². The van der Waals surface area contributed by atoms with Gasteiger partial charge in [-0.3, -0.25) is 4.79 Å². The van der Waals surface area contributed by atoms with Crippen molar-refractivity contribution in [3.63, 3.8) is 0 Å². The van der Waals surface area contributed by atoms with E-state index in [-0.39, 0.29) is 5.91 Å². The Bertz CT molecular complexity index is 819. The molecule has 1 fully saturated rings. The van der Waals surface area contributed by atoms with Crippen LogP contribution in [0.15, 0.2) is 35.2 Å². The highest BCUT2D eigenvalue weighted by Crippen LogP contribution is 2.33. The van der Waals surface area contributed by atoms with Crippen LogP contribution in [0.2, 0.25) is 0 Å². The molecule has 3 rings (SSSR count). The number of nitrogens with zero attached hydrogens (tertiary/aromatic N) is 2. The van der Waals surface area contributed by atoms with E-state index in [9.17, 15) is 10.1 Å². The lowest BCUT2D eigenvalue weighted by atomic mass is 9.91. The molecule has 0 aliphatic heterocycles. The van der Waals surface area contributed by atoms with Crippen molar-refractivity contribution in [2.24, 2.45) is 0 Å². The summed E-state index contributed by atoms with van der Waals surface area (Å²) in [6, 6.07) is 10.4. The molecule has 1 heterocycles. The van der Waals surface area contributed by atoms with E-state index in [4.69, 9.17) is 4.98 Å². The Hall–Kier alpha value is -2.45. The van der Waals surface area contributed by atoms with Crippen molar-refractivity contribution in [2.75, 3.05) is 0 Å². The Kier molecular flexibility index (Phi) is 5.62. The van der Waals surface area contributed by atoms with Crippen LogP contribution < -0.4 is 5.32 Å². The summed E-state index contributed by atoms with van der Waals surface area (Å²) < 4.78 is 0. The zero-order valence-electron chi connectivity index (χ0n) is 14.3. The maximum absolute atomic E-state index is 11.0. The zero-order valence-corrected chi connectivity index (χ0v) is 15.2. The highest BCUT2D eigenvalue weighted by atomic mass is 32.1. The second-order valence-corrected chi connectivity index (χ2v) is 7.15. The number of aromatic nitrogens is 1. The predicted molar refractivity (Wildman–Crippen MR) is 101 cm³/mol. The smallest absolute Gasteiger partial charge is 0.217 e. The average molecular weight is 351 g/mol. The molecule has 0 saturated heterocycles. The van der Waals surface area contributed by atoms with Crippen LogP contribution in [0.25, 0.3) is 16.8 Å². The van der Waals surface area contributed by atoms with Crippen molar-refractivity contribution in [1.82, 2.24) is 10.3 Å². The van der Waals surface area contributed by atoms with Gasteiger partial charge in [-0.05, 0) is 36.8 Å². The molecule has 0 radical (unpaired) electrons. The number of amides is 1. The summed E-state index contributed by atoms with van der Waals surface area (Å²) in [5, 5.41) is 15.2. The first-order valence-electron chi connectivity index (χ1n) is 8.59. The molecular weight excluding hydrogens is 330 g/mol. The van der Waals surface area contributed by atoms with Gasteiger partial charge in [-0.2, -0.15) is 5.26 Å². The molecule has 1 amide bonds. The molecule has 1 saturated carbocycles. The minimum absolute atomic E-state index is 0.0343. The highest BCUT2D eigenvalue weighted by Gasteiger charge is 2.16. The Morgan fingerprint density at radius 3 is 2.60 bits per heavy atom. The summed E-state index contributed by atoms with van der Waals surface area (Å²) in [5.74, 6) is -0.0343. The third kappa shape index (κ3) is 4.34. The van der Waals surface area contributed by atoms with Gasteiger partial charge in [0.1, 0.15) is 11.1 Å². The predicted octanol–water partition coefficient (Wildman–Crippen LogP) is 4.69. The summed E-state index contributed by atoms with van der Waals surface area (Å²) in [7, 11) is 0. The molecule has 4 nitrogen and oxygen atoms in total. The summed E-state index contributed by atoms with van der Waals surface area (Å²) in [4.78, 5) is 15.7. The Morgan fingerprint density at radius 1 is 1.24 bits per heavy atom. The fourth-order valence-corrected chi connectivity index (χ4v) is 3.92. The Labute approximate surface area is 152 Å². The van der Waals surface area contributed by atoms with Gasteiger partial charge in [-0.15, -0.1) is 11.3 Å². The SMILES string of the molecule is CC(=O)NCc1ccc(-c2csc(C(C#N)=C3CCCCC3)n2)cc1. The van der Waals surface area contributed by atoms with E-state index in [1.54, 1.807) is 11.3 Å². The summed E-state index contributed by atoms with van der Waals surface area (Å²) in [6.45, 7) is 2.04. The van der Waals surface area contributed by atoms with E-state index in [2.05, 4.69) is 11.4 Å². The van der Waals surface area contributed by atoms with Gasteiger partial charge in [0.25, 0.3) is 0 Å². The number of allylic oxidation sites excluding steroid dienone is 2. The third-order valence-electron chi connectivity index (χ3n) is 4.43. The molecule has 1 aliphatic rings. The number of hydrogen-bond donors (Lipinski definition) is 1. The third-order valence-corrected chi connectivity index (χ3v) is 5.29. The molecule has 0 unspecified atom stereocenters. The number of carbonyl (C=O) groups excluding carboxylic acids is 1. The largest absolute Gasteiger partial charge is 0.352 e. The fraction of sp³-hybridized carbons (Fsp3) is 0.350. The summed E-state index contributed by atoms with van der Waals surface area (Å²) >= 11 is 1.54. The van der Waals surface area contributed by atoms with Gasteiger partial charge >= 0.3 is 0 Å². The maximum atomic E-state index is 11.0. The molecule has 5 heteroatoms. The van der Waals surface area contributed by atoms with Crippen LogP contribution in [0.5, 0.6) is 0 Å². The van der Waals surface area contributed by atoms with E-state index in [1.165, 1.54) is 31.8 Å². The van der Waals surface area contributed by atoms with Crippen LogP contribution in [-0.2, 0) is 11.3 Å². The quantitative estimate of drug-likeness (QED) is 0.813. The van der Waals surface area contributed by atoms with Gasteiger partial charge in [0, 0.05) is 24.4 Å². The minimum Gasteiger partial charge on any atom is -0.352 e. The van der Waals surface area contributed by atoms with Crippen LogP contribution in [0.4, 0.5) is 0 Å². The molecule has 1 aromatic carbocycles. The van der Waals surface area contributed by atoms with E-state index in [1.807, 2.05) is 29.6 Å². The van der Waals surface area contributed by atoms with Gasteiger partial charge < -0.3 is 5.32 Å². The van der Waals surface area contributed by atoms with E-state index < -0.39 is 0 Å². The number of nitriles is 1. The molecule has 0 spiro atoms. The molecular formula is C20H21N3OS. The van der Waals surface area contributed by atoms with Crippen LogP contribution in [0, 0.1) is 11.3 Å². The molecule has 128 valence electrons. The van der Waals surface area contributed by atoms with Gasteiger partial charge in [0.2, 0.25) is 5.91 Å². The molecule has 0 bridgehead atoms. The van der Waals surface area contributed by atoms with Gasteiger partial charge in [0.15, 0.2) is 0 Å². The maximum Gasteiger partial charge on any atom is 0.217 e. The van der Waals surface area contributed by atoms with Crippen molar-refractivity contribution in [3.05, 3.63) is 45.8 Å². The van der Waals surface area contributed by atoms with Crippen LogP contribution in [-0.4, -0.2) is 10.9 Å². The van der Waals surface area contributed by atoms with Crippen LogP contribution in [0.1, 0.15) is 49.6 Å². The van der Waals surface area contributed by atoms with Crippen molar-refractivity contribution >= 4 is 22.8 Å². The number of nitrogens with one attached hydrogen (secondary N) is 1. The van der Waals surface area contributed by atoms with E-state index >= 15 is 0 Å². The standard InChI is InChI=1S/C20H21N3OS/c1-14(24)22-12-15-7-9-17(10-8-15)19-13-25-20(23-19)18(11-21)16-5-3-2-4-6-16/h7-10,13H,2-6,12H2,1H3,(H,22,24). The summed E-state index contributed by atoms with van der Waals surface area (Å²) in [5.41, 5.74) is 5.02. The van der Waals surface area contributed by atoms with Gasteiger partial charge in [0.05, 0.1) is 11.3 Å². The Morgan fingerprint density at radius 2 is 1.96 bits per heavy atom. The summed E-state index contributed by atoms with van der Waals surface area (Å²) in [6.07, 6.45) is 5.66. The lowest BCUT2D eigenvalue weighted by Crippen LogP contribution is -2.18. The second-order valence-electron chi connectivity index (χ2n) is 6.30. The van der Waals surface area contributed by atoms with E-state index in [0.717, 1.165) is 40.2 Å².